The Morgan fingerprint density at radius 3 is 2.82 bits per heavy atom. The standard InChI is InChI=1S/C8H15NO2/c1-3-5(2)8-6(10)4-7(11)9-8/h5-6,8,10H,3-4H2,1-2H3,(H,9,11)/t5?,6?,8-/m1/s1. The molecule has 3 nitrogen and oxygen atoms in total. The van der Waals surface area contributed by atoms with Gasteiger partial charge in [0.05, 0.1) is 18.6 Å². The maximum atomic E-state index is 10.8. The number of nitrogens with one attached hydrogen (secondary N) is 1. The van der Waals surface area contributed by atoms with Crippen LogP contribution in [0, 0.1) is 5.92 Å². The molecule has 2 N–H and O–H groups in total. The molecule has 2 unspecified atom stereocenters. The van der Waals surface area contributed by atoms with Crippen molar-refractivity contribution in [2.24, 2.45) is 5.92 Å². The van der Waals surface area contributed by atoms with Gasteiger partial charge in [-0.25, -0.2) is 0 Å². The molecule has 0 saturated carbocycles. The molecule has 0 aromatic heterocycles. The maximum Gasteiger partial charge on any atom is 0.222 e. The fourth-order valence-electron chi connectivity index (χ4n) is 1.43. The second kappa shape index (κ2) is 3.22. The highest BCUT2D eigenvalue weighted by atomic mass is 16.3. The Balaban J connectivity index is 2.52. The largest absolute Gasteiger partial charge is 0.390 e. The molecule has 1 aliphatic rings. The Bertz CT molecular complexity index is 158. The first kappa shape index (κ1) is 8.53. The van der Waals surface area contributed by atoms with E-state index < -0.39 is 6.10 Å². The lowest BCUT2D eigenvalue weighted by molar-refractivity contribution is -0.119. The van der Waals surface area contributed by atoms with E-state index in [1.54, 1.807) is 0 Å². The Labute approximate surface area is 66.8 Å². The number of hydrogen-bond acceptors (Lipinski definition) is 2. The van der Waals surface area contributed by atoms with Crippen LogP contribution in [-0.2, 0) is 4.79 Å². The van der Waals surface area contributed by atoms with Gasteiger partial charge in [0.2, 0.25) is 5.91 Å². The number of rotatable bonds is 2. The molecule has 1 saturated heterocycles. The van der Waals surface area contributed by atoms with Crippen molar-refractivity contribution >= 4 is 5.91 Å². The van der Waals surface area contributed by atoms with Crippen molar-refractivity contribution in [1.29, 1.82) is 0 Å². The molecule has 11 heavy (non-hydrogen) atoms. The van der Waals surface area contributed by atoms with E-state index in [1.807, 2.05) is 6.92 Å². The summed E-state index contributed by atoms with van der Waals surface area (Å²) in [6.07, 6.45) is 0.786. The number of amides is 1. The summed E-state index contributed by atoms with van der Waals surface area (Å²) in [7, 11) is 0. The van der Waals surface area contributed by atoms with Crippen molar-refractivity contribution in [3.05, 3.63) is 0 Å². The van der Waals surface area contributed by atoms with Gasteiger partial charge in [0.25, 0.3) is 0 Å². The van der Waals surface area contributed by atoms with Crippen LogP contribution >= 0.6 is 0 Å². The lowest BCUT2D eigenvalue weighted by Crippen LogP contribution is -2.37. The van der Waals surface area contributed by atoms with E-state index in [2.05, 4.69) is 12.2 Å². The molecule has 1 rings (SSSR count). The van der Waals surface area contributed by atoms with Crippen LogP contribution in [0.4, 0.5) is 0 Å². The predicted octanol–water partition coefficient (Wildman–Crippen LogP) is 0.282. The third-order valence-corrected chi connectivity index (χ3v) is 2.39. The molecule has 0 aromatic carbocycles. The van der Waals surface area contributed by atoms with Crippen LogP contribution in [0.25, 0.3) is 0 Å². The summed E-state index contributed by atoms with van der Waals surface area (Å²) < 4.78 is 0. The van der Waals surface area contributed by atoms with Crippen LogP contribution in [0.5, 0.6) is 0 Å². The Morgan fingerprint density at radius 2 is 2.45 bits per heavy atom. The van der Waals surface area contributed by atoms with Crippen molar-refractivity contribution in [3.8, 4) is 0 Å². The highest BCUT2D eigenvalue weighted by molar-refractivity contribution is 5.79. The normalized spacial score (nSPS) is 33.5. The first-order chi connectivity index (χ1) is 5.15. The van der Waals surface area contributed by atoms with Crippen LogP contribution in [0.3, 0.4) is 0 Å². The van der Waals surface area contributed by atoms with Gasteiger partial charge in [0.1, 0.15) is 0 Å². The van der Waals surface area contributed by atoms with Crippen molar-refractivity contribution in [2.45, 2.75) is 38.8 Å². The van der Waals surface area contributed by atoms with E-state index >= 15 is 0 Å². The van der Waals surface area contributed by atoms with Crippen LogP contribution in [0.15, 0.2) is 0 Å². The Morgan fingerprint density at radius 1 is 1.82 bits per heavy atom. The molecule has 1 amide bonds. The second-order valence-electron chi connectivity index (χ2n) is 3.25. The summed E-state index contributed by atoms with van der Waals surface area (Å²) in [5.74, 6) is 0.347. The average molecular weight is 157 g/mol. The highest BCUT2D eigenvalue weighted by Crippen LogP contribution is 2.18. The van der Waals surface area contributed by atoms with Gasteiger partial charge in [-0.1, -0.05) is 20.3 Å². The highest BCUT2D eigenvalue weighted by Gasteiger charge is 2.33. The topological polar surface area (TPSA) is 49.3 Å². The van der Waals surface area contributed by atoms with Crippen LogP contribution < -0.4 is 5.32 Å². The molecular formula is C8H15NO2. The Hall–Kier alpha value is -0.570. The molecule has 3 heteroatoms. The summed E-state index contributed by atoms with van der Waals surface area (Å²) in [4.78, 5) is 10.8. The zero-order valence-electron chi connectivity index (χ0n) is 7.00. The minimum absolute atomic E-state index is 0.0208. The van der Waals surface area contributed by atoms with Crippen molar-refractivity contribution in [1.82, 2.24) is 5.32 Å². The van der Waals surface area contributed by atoms with E-state index in [0.717, 1.165) is 6.42 Å². The monoisotopic (exact) mass is 157 g/mol. The van der Waals surface area contributed by atoms with E-state index in [1.165, 1.54) is 0 Å². The molecule has 1 heterocycles. The smallest absolute Gasteiger partial charge is 0.222 e. The van der Waals surface area contributed by atoms with Gasteiger partial charge in [-0.05, 0) is 5.92 Å². The molecule has 1 fully saturated rings. The number of aliphatic hydroxyl groups is 1. The van der Waals surface area contributed by atoms with E-state index in [9.17, 15) is 9.90 Å². The van der Waals surface area contributed by atoms with Crippen LogP contribution in [0.2, 0.25) is 0 Å². The molecule has 0 radical (unpaired) electrons. The Kier molecular flexibility index (Phi) is 2.49. The molecule has 0 aromatic rings. The van der Waals surface area contributed by atoms with Gasteiger partial charge < -0.3 is 10.4 Å². The van der Waals surface area contributed by atoms with E-state index in [-0.39, 0.29) is 18.4 Å². The third kappa shape index (κ3) is 1.71. The number of aliphatic hydroxyl groups excluding tert-OH is 1. The number of carbonyl (C=O) groups is 1. The lowest BCUT2D eigenvalue weighted by atomic mass is 9.96. The molecule has 0 aliphatic carbocycles. The van der Waals surface area contributed by atoms with Gasteiger partial charge >= 0.3 is 0 Å². The minimum atomic E-state index is -0.475. The third-order valence-electron chi connectivity index (χ3n) is 2.39. The molecule has 3 atom stereocenters. The zero-order chi connectivity index (χ0) is 8.43. The number of carbonyl (C=O) groups excluding carboxylic acids is 1. The van der Waals surface area contributed by atoms with Gasteiger partial charge in [0, 0.05) is 0 Å². The van der Waals surface area contributed by atoms with Crippen molar-refractivity contribution in [3.63, 3.8) is 0 Å². The van der Waals surface area contributed by atoms with Crippen LogP contribution in [-0.4, -0.2) is 23.2 Å². The zero-order valence-corrected chi connectivity index (χ0v) is 7.00. The summed E-state index contributed by atoms with van der Waals surface area (Å²) in [6.45, 7) is 4.10. The van der Waals surface area contributed by atoms with Crippen molar-refractivity contribution < 1.29 is 9.90 Å². The first-order valence-corrected chi connectivity index (χ1v) is 4.12. The summed E-state index contributed by atoms with van der Waals surface area (Å²) in [5.41, 5.74) is 0. The van der Waals surface area contributed by atoms with Crippen molar-refractivity contribution in [2.75, 3.05) is 0 Å². The first-order valence-electron chi connectivity index (χ1n) is 4.12. The summed E-state index contributed by atoms with van der Waals surface area (Å²) >= 11 is 0. The fraction of sp³-hybridized carbons (Fsp3) is 0.875. The second-order valence-corrected chi connectivity index (χ2v) is 3.25. The lowest BCUT2D eigenvalue weighted by Gasteiger charge is -2.20. The summed E-state index contributed by atoms with van der Waals surface area (Å²) in [5, 5.41) is 12.1. The molecule has 0 spiro atoms. The molecule has 1 aliphatic heterocycles. The fourth-order valence-corrected chi connectivity index (χ4v) is 1.43. The van der Waals surface area contributed by atoms with Crippen LogP contribution in [0.1, 0.15) is 26.7 Å². The molecular weight excluding hydrogens is 142 g/mol. The molecule has 64 valence electrons. The van der Waals surface area contributed by atoms with Gasteiger partial charge in [0.15, 0.2) is 0 Å². The van der Waals surface area contributed by atoms with Gasteiger partial charge in [-0.2, -0.15) is 0 Å². The van der Waals surface area contributed by atoms with E-state index in [0.29, 0.717) is 5.92 Å². The quantitative estimate of drug-likeness (QED) is 0.605. The van der Waals surface area contributed by atoms with Gasteiger partial charge in [-0.15, -0.1) is 0 Å². The van der Waals surface area contributed by atoms with E-state index in [4.69, 9.17) is 0 Å². The minimum Gasteiger partial charge on any atom is -0.390 e. The molecule has 0 bridgehead atoms. The SMILES string of the molecule is CCC(C)[C@H]1NC(=O)CC1O. The average Bonchev–Trinajstić information content (AvgIpc) is 2.28. The maximum absolute atomic E-state index is 10.8. The predicted molar refractivity (Wildman–Crippen MR) is 42.0 cm³/mol. The van der Waals surface area contributed by atoms with Gasteiger partial charge in [-0.3, -0.25) is 4.79 Å². The number of hydrogen-bond donors (Lipinski definition) is 2. The summed E-state index contributed by atoms with van der Waals surface area (Å²) in [6, 6.07) is -0.0208.